The Morgan fingerprint density at radius 3 is 2.82 bits per heavy atom. The Hall–Kier alpha value is -1.09. The van der Waals surface area contributed by atoms with Crippen molar-refractivity contribution in [3.05, 3.63) is 39.9 Å². The van der Waals surface area contributed by atoms with Gasteiger partial charge in [0.25, 0.3) is 5.69 Å². The zero-order valence-electron chi connectivity index (χ0n) is 9.64. The van der Waals surface area contributed by atoms with Crippen molar-refractivity contribution in [2.24, 2.45) is 5.92 Å². The predicted molar refractivity (Wildman–Crippen MR) is 68.4 cm³/mol. The molecule has 1 aromatic carbocycles. The van der Waals surface area contributed by atoms with Crippen LogP contribution < -0.4 is 0 Å². The quantitative estimate of drug-likeness (QED) is 0.465. The molecule has 92 valence electrons. The molecule has 4 heteroatoms. The topological polar surface area (TPSA) is 43.1 Å². The molecule has 1 aromatic rings. The Bertz CT molecular complexity index is 408. The number of nitro benzene ring substituents is 1. The molecule has 0 bridgehead atoms. The van der Waals surface area contributed by atoms with E-state index in [9.17, 15) is 10.1 Å². The minimum Gasteiger partial charge on any atom is -0.258 e. The molecule has 2 rings (SSSR count). The minimum atomic E-state index is -0.345. The van der Waals surface area contributed by atoms with Crippen molar-refractivity contribution in [1.82, 2.24) is 0 Å². The van der Waals surface area contributed by atoms with Crippen LogP contribution in [0.1, 0.15) is 31.2 Å². The fourth-order valence-electron chi connectivity index (χ4n) is 2.49. The van der Waals surface area contributed by atoms with Crippen LogP contribution in [0, 0.1) is 16.0 Å². The average molecular weight is 254 g/mol. The summed E-state index contributed by atoms with van der Waals surface area (Å²) in [6, 6.07) is 6.89. The fraction of sp³-hybridized carbons (Fsp3) is 0.538. The summed E-state index contributed by atoms with van der Waals surface area (Å²) in [5, 5.41) is 10.9. The minimum absolute atomic E-state index is 0.171. The van der Waals surface area contributed by atoms with Crippen molar-refractivity contribution in [2.45, 2.75) is 37.5 Å². The first-order chi connectivity index (χ1) is 8.16. The molecule has 2 unspecified atom stereocenters. The zero-order valence-corrected chi connectivity index (χ0v) is 10.4. The van der Waals surface area contributed by atoms with Gasteiger partial charge in [-0.3, -0.25) is 10.1 Å². The van der Waals surface area contributed by atoms with E-state index in [-0.39, 0.29) is 16.0 Å². The second-order valence-corrected chi connectivity index (χ2v) is 5.25. The van der Waals surface area contributed by atoms with Crippen LogP contribution in [0.2, 0.25) is 0 Å². The summed E-state index contributed by atoms with van der Waals surface area (Å²) in [5.41, 5.74) is 1.20. The summed E-state index contributed by atoms with van der Waals surface area (Å²) in [4.78, 5) is 10.3. The lowest BCUT2D eigenvalue weighted by Gasteiger charge is -2.26. The highest BCUT2D eigenvalue weighted by molar-refractivity contribution is 6.20. The van der Waals surface area contributed by atoms with E-state index < -0.39 is 0 Å². The maximum Gasteiger partial charge on any atom is 0.269 e. The number of halogens is 1. The lowest BCUT2D eigenvalue weighted by molar-refractivity contribution is -0.384. The molecule has 0 aliphatic heterocycles. The highest BCUT2D eigenvalue weighted by Crippen LogP contribution is 2.31. The summed E-state index contributed by atoms with van der Waals surface area (Å²) in [7, 11) is 0. The van der Waals surface area contributed by atoms with E-state index in [1.165, 1.54) is 18.9 Å². The van der Waals surface area contributed by atoms with E-state index in [0.29, 0.717) is 5.92 Å². The first kappa shape index (κ1) is 12.4. The number of rotatable bonds is 3. The monoisotopic (exact) mass is 253 g/mol. The van der Waals surface area contributed by atoms with Gasteiger partial charge in [0.2, 0.25) is 0 Å². The van der Waals surface area contributed by atoms with E-state index in [0.717, 1.165) is 24.8 Å². The van der Waals surface area contributed by atoms with Gasteiger partial charge in [0.15, 0.2) is 0 Å². The maximum absolute atomic E-state index is 10.7. The molecule has 0 radical (unpaired) electrons. The highest BCUT2D eigenvalue weighted by atomic mass is 35.5. The first-order valence-corrected chi connectivity index (χ1v) is 6.48. The lowest BCUT2D eigenvalue weighted by Crippen LogP contribution is -2.21. The molecule has 1 aliphatic carbocycles. The van der Waals surface area contributed by atoms with Crippen molar-refractivity contribution in [1.29, 1.82) is 0 Å². The van der Waals surface area contributed by atoms with Crippen LogP contribution in [0.3, 0.4) is 0 Å². The molecular formula is C13H16ClNO2. The number of nitro groups is 1. The summed E-state index contributed by atoms with van der Waals surface area (Å²) in [6.07, 6.45) is 5.50. The Morgan fingerprint density at radius 2 is 2.12 bits per heavy atom. The molecule has 0 N–H and O–H groups in total. The number of hydrogen-bond acceptors (Lipinski definition) is 2. The van der Waals surface area contributed by atoms with E-state index in [4.69, 9.17) is 11.6 Å². The summed E-state index contributed by atoms with van der Waals surface area (Å²) < 4.78 is 0. The van der Waals surface area contributed by atoms with Crippen LogP contribution in [-0.4, -0.2) is 10.3 Å². The molecule has 3 nitrogen and oxygen atoms in total. The van der Waals surface area contributed by atoms with Gasteiger partial charge in [-0.2, -0.15) is 0 Å². The van der Waals surface area contributed by atoms with Crippen molar-refractivity contribution in [3.63, 3.8) is 0 Å². The molecule has 2 atom stereocenters. The Labute approximate surface area is 106 Å². The third-order valence-electron chi connectivity index (χ3n) is 3.44. The van der Waals surface area contributed by atoms with Crippen LogP contribution >= 0.6 is 11.6 Å². The molecule has 1 aliphatic rings. The Morgan fingerprint density at radius 1 is 1.35 bits per heavy atom. The number of nitrogens with zero attached hydrogens (tertiary/aromatic N) is 1. The molecule has 1 saturated carbocycles. The zero-order chi connectivity index (χ0) is 12.3. The molecule has 0 aromatic heterocycles. The number of non-ortho nitro benzene ring substituents is 1. The molecular weight excluding hydrogens is 238 g/mol. The maximum atomic E-state index is 10.7. The molecule has 0 amide bonds. The van der Waals surface area contributed by atoms with Gasteiger partial charge in [-0.15, -0.1) is 11.6 Å². The Kier molecular flexibility index (Phi) is 4.00. The summed E-state index contributed by atoms with van der Waals surface area (Å²) in [5.74, 6) is 0.465. The number of benzene rings is 1. The number of alkyl halides is 1. The van der Waals surface area contributed by atoms with Crippen LogP contribution in [0.5, 0.6) is 0 Å². The van der Waals surface area contributed by atoms with Crippen molar-refractivity contribution < 1.29 is 4.92 Å². The van der Waals surface area contributed by atoms with Crippen LogP contribution in [0.4, 0.5) is 5.69 Å². The first-order valence-electron chi connectivity index (χ1n) is 6.04. The van der Waals surface area contributed by atoms with Crippen molar-refractivity contribution in [2.75, 3.05) is 0 Å². The lowest BCUT2D eigenvalue weighted by atomic mass is 9.84. The van der Waals surface area contributed by atoms with Crippen molar-refractivity contribution >= 4 is 17.3 Å². The smallest absolute Gasteiger partial charge is 0.258 e. The molecule has 0 spiro atoms. The van der Waals surface area contributed by atoms with Gasteiger partial charge in [-0.05, 0) is 30.7 Å². The third-order valence-corrected chi connectivity index (χ3v) is 4.01. The molecule has 0 heterocycles. The normalized spacial score (nSPS) is 24.5. The standard InChI is InChI=1S/C13H16ClNO2/c14-13-7-2-1-5-11(13)8-10-4-3-6-12(9-10)15(16)17/h3-4,6,9,11,13H,1-2,5,7-8H2. The highest BCUT2D eigenvalue weighted by Gasteiger charge is 2.23. The van der Waals surface area contributed by atoms with E-state index in [1.807, 2.05) is 6.07 Å². The summed E-state index contributed by atoms with van der Waals surface area (Å²) in [6.45, 7) is 0. The van der Waals surface area contributed by atoms with Gasteiger partial charge in [-0.1, -0.05) is 25.0 Å². The van der Waals surface area contributed by atoms with E-state index >= 15 is 0 Å². The van der Waals surface area contributed by atoms with Crippen molar-refractivity contribution in [3.8, 4) is 0 Å². The second kappa shape index (κ2) is 5.50. The number of hydrogen-bond donors (Lipinski definition) is 0. The molecule has 1 fully saturated rings. The van der Waals surface area contributed by atoms with Crippen LogP contribution in [-0.2, 0) is 6.42 Å². The van der Waals surface area contributed by atoms with Gasteiger partial charge in [0.05, 0.1) is 4.92 Å². The molecule has 17 heavy (non-hydrogen) atoms. The summed E-state index contributed by atoms with van der Waals surface area (Å²) >= 11 is 6.30. The van der Waals surface area contributed by atoms with Gasteiger partial charge in [0.1, 0.15) is 0 Å². The van der Waals surface area contributed by atoms with Gasteiger partial charge in [0, 0.05) is 17.5 Å². The van der Waals surface area contributed by atoms with Gasteiger partial charge < -0.3 is 0 Å². The molecule has 0 saturated heterocycles. The average Bonchev–Trinajstić information content (AvgIpc) is 2.32. The van der Waals surface area contributed by atoms with Gasteiger partial charge >= 0.3 is 0 Å². The SMILES string of the molecule is O=[N+]([O-])c1cccc(CC2CCCCC2Cl)c1. The van der Waals surface area contributed by atoms with E-state index in [1.54, 1.807) is 12.1 Å². The van der Waals surface area contributed by atoms with Crippen LogP contribution in [0.15, 0.2) is 24.3 Å². The van der Waals surface area contributed by atoms with E-state index in [2.05, 4.69) is 0 Å². The predicted octanol–water partition coefficient (Wildman–Crippen LogP) is 3.93. The third kappa shape index (κ3) is 3.19. The van der Waals surface area contributed by atoms with Gasteiger partial charge in [-0.25, -0.2) is 0 Å². The Balaban J connectivity index is 2.07. The second-order valence-electron chi connectivity index (χ2n) is 4.69. The fourth-order valence-corrected chi connectivity index (χ4v) is 2.86. The largest absolute Gasteiger partial charge is 0.269 e. The van der Waals surface area contributed by atoms with Crippen LogP contribution in [0.25, 0.3) is 0 Å².